The lowest BCUT2D eigenvalue weighted by Gasteiger charge is -2.28. The van der Waals surface area contributed by atoms with Crippen LogP contribution in [0.1, 0.15) is 24.0 Å². The maximum absolute atomic E-state index is 5.55. The molecule has 9 nitrogen and oxygen atoms in total. The molecule has 4 aromatic heterocycles. The SMILES string of the molecule is CCc1nc(-c2nc3ccc(N4CCOCC4)cc3n2Cc2cccnc2)cn2c(C)nnc12. The molecule has 6 rings (SSSR count). The fourth-order valence-corrected chi connectivity index (χ4v) is 4.57. The molecule has 1 aliphatic heterocycles. The lowest BCUT2D eigenvalue weighted by Crippen LogP contribution is -2.36. The van der Waals surface area contributed by atoms with Gasteiger partial charge in [-0.2, -0.15) is 0 Å². The third-order valence-electron chi connectivity index (χ3n) is 6.37. The Morgan fingerprint density at radius 3 is 2.74 bits per heavy atom. The van der Waals surface area contributed by atoms with Gasteiger partial charge in [-0.15, -0.1) is 10.2 Å². The summed E-state index contributed by atoms with van der Waals surface area (Å²) in [6.45, 7) is 7.97. The van der Waals surface area contributed by atoms with Gasteiger partial charge in [0.15, 0.2) is 11.5 Å². The van der Waals surface area contributed by atoms with Crippen LogP contribution in [0, 0.1) is 6.92 Å². The van der Waals surface area contributed by atoms with Crippen LogP contribution >= 0.6 is 0 Å². The summed E-state index contributed by atoms with van der Waals surface area (Å²) in [5.74, 6) is 1.65. The molecule has 1 fully saturated rings. The van der Waals surface area contributed by atoms with Gasteiger partial charge >= 0.3 is 0 Å². The van der Waals surface area contributed by atoms with Gasteiger partial charge in [-0.1, -0.05) is 13.0 Å². The average Bonchev–Trinajstić information content (AvgIpc) is 3.44. The number of rotatable bonds is 5. The summed E-state index contributed by atoms with van der Waals surface area (Å²) in [4.78, 5) is 16.7. The Morgan fingerprint density at radius 2 is 1.94 bits per heavy atom. The molecule has 0 unspecified atom stereocenters. The molecule has 34 heavy (non-hydrogen) atoms. The second kappa shape index (κ2) is 8.49. The molecule has 0 saturated carbocycles. The molecule has 0 bridgehead atoms. The number of fused-ring (bicyclic) bond motifs is 2. The van der Waals surface area contributed by atoms with E-state index < -0.39 is 0 Å². The average molecular weight is 455 g/mol. The summed E-state index contributed by atoms with van der Waals surface area (Å²) in [5, 5.41) is 8.58. The van der Waals surface area contributed by atoms with Gasteiger partial charge in [0, 0.05) is 37.4 Å². The van der Waals surface area contributed by atoms with Crippen LogP contribution < -0.4 is 4.90 Å². The van der Waals surface area contributed by atoms with Gasteiger partial charge in [-0.25, -0.2) is 9.97 Å². The summed E-state index contributed by atoms with van der Waals surface area (Å²) in [6, 6.07) is 10.5. The van der Waals surface area contributed by atoms with Gasteiger partial charge in [-0.3, -0.25) is 9.38 Å². The second-order valence-corrected chi connectivity index (χ2v) is 8.52. The molecule has 1 saturated heterocycles. The summed E-state index contributed by atoms with van der Waals surface area (Å²) >= 11 is 0. The molecular formula is C25H26N8O. The quantitative estimate of drug-likeness (QED) is 0.403. The third-order valence-corrected chi connectivity index (χ3v) is 6.37. The number of nitrogens with zero attached hydrogens (tertiary/aromatic N) is 8. The first-order chi connectivity index (χ1) is 16.7. The van der Waals surface area contributed by atoms with Gasteiger partial charge in [0.05, 0.1) is 36.5 Å². The monoisotopic (exact) mass is 454 g/mol. The molecule has 0 radical (unpaired) electrons. The lowest BCUT2D eigenvalue weighted by molar-refractivity contribution is 0.122. The minimum atomic E-state index is 0.647. The van der Waals surface area contributed by atoms with Gasteiger partial charge < -0.3 is 14.2 Å². The fraction of sp³-hybridized carbons (Fsp3) is 0.320. The van der Waals surface area contributed by atoms with E-state index >= 15 is 0 Å². The van der Waals surface area contributed by atoms with Crippen molar-refractivity contribution >= 4 is 22.4 Å². The van der Waals surface area contributed by atoms with E-state index in [0.29, 0.717) is 6.54 Å². The van der Waals surface area contributed by atoms with Gasteiger partial charge in [0.1, 0.15) is 11.5 Å². The Bertz CT molecular complexity index is 1470. The highest BCUT2D eigenvalue weighted by Crippen LogP contribution is 2.29. The van der Waals surface area contributed by atoms with Crippen molar-refractivity contribution in [2.45, 2.75) is 26.8 Å². The van der Waals surface area contributed by atoms with Crippen LogP contribution in [0.3, 0.4) is 0 Å². The topological polar surface area (TPSA) is 86.3 Å². The molecular weight excluding hydrogens is 428 g/mol. The van der Waals surface area contributed by atoms with Crippen molar-refractivity contribution in [3.8, 4) is 11.5 Å². The molecule has 5 aromatic rings. The van der Waals surface area contributed by atoms with Gasteiger partial charge in [0.2, 0.25) is 0 Å². The number of pyridine rings is 1. The van der Waals surface area contributed by atoms with Crippen molar-refractivity contribution in [3.63, 3.8) is 0 Å². The van der Waals surface area contributed by atoms with Crippen molar-refractivity contribution in [2.75, 3.05) is 31.2 Å². The van der Waals surface area contributed by atoms with E-state index in [9.17, 15) is 0 Å². The van der Waals surface area contributed by atoms with Crippen molar-refractivity contribution in [2.24, 2.45) is 0 Å². The minimum absolute atomic E-state index is 0.647. The van der Waals surface area contributed by atoms with E-state index in [1.54, 1.807) is 6.20 Å². The van der Waals surface area contributed by atoms with E-state index in [-0.39, 0.29) is 0 Å². The molecule has 0 atom stereocenters. The second-order valence-electron chi connectivity index (χ2n) is 8.52. The number of anilines is 1. The Labute approximate surface area is 197 Å². The number of aryl methyl sites for hydroxylation is 2. The van der Waals surface area contributed by atoms with Crippen LogP contribution in [0.2, 0.25) is 0 Å². The van der Waals surface area contributed by atoms with Gasteiger partial charge in [0.25, 0.3) is 0 Å². The standard InChI is InChI=1S/C25H26N8O/c1-3-20-25-30-29-17(2)32(25)16-22(27-20)24-28-21-7-6-19(31-9-11-34-12-10-31)13-23(21)33(24)15-18-5-4-8-26-14-18/h4-8,13-14,16H,3,9-12,15H2,1-2H3. The minimum Gasteiger partial charge on any atom is -0.378 e. The molecule has 172 valence electrons. The van der Waals surface area contributed by atoms with E-state index in [2.05, 4.69) is 55.8 Å². The van der Waals surface area contributed by atoms with Crippen molar-refractivity contribution in [1.82, 2.24) is 34.1 Å². The third kappa shape index (κ3) is 3.58. The maximum Gasteiger partial charge on any atom is 0.182 e. The van der Waals surface area contributed by atoms with Crippen LogP contribution in [-0.2, 0) is 17.7 Å². The van der Waals surface area contributed by atoms with E-state index in [0.717, 1.165) is 78.0 Å². The smallest absolute Gasteiger partial charge is 0.182 e. The van der Waals surface area contributed by atoms with Gasteiger partial charge in [-0.05, 0) is 43.2 Å². The van der Waals surface area contributed by atoms with Crippen LogP contribution in [0.15, 0.2) is 48.9 Å². The van der Waals surface area contributed by atoms with E-state index in [4.69, 9.17) is 14.7 Å². The first kappa shape index (κ1) is 20.7. The Hall–Kier alpha value is -3.85. The lowest BCUT2D eigenvalue weighted by atomic mass is 10.2. The number of hydrogen-bond acceptors (Lipinski definition) is 7. The summed E-state index contributed by atoms with van der Waals surface area (Å²) in [6.07, 6.45) is 6.46. The number of hydrogen-bond donors (Lipinski definition) is 0. The molecule has 0 N–H and O–H groups in total. The highest BCUT2D eigenvalue weighted by atomic mass is 16.5. The Morgan fingerprint density at radius 1 is 1.06 bits per heavy atom. The molecule has 0 spiro atoms. The van der Waals surface area contributed by atoms with Crippen LogP contribution in [0.5, 0.6) is 0 Å². The Kier molecular flexibility index (Phi) is 5.18. The molecule has 5 heterocycles. The van der Waals surface area contributed by atoms with Crippen LogP contribution in [-0.4, -0.2) is 60.4 Å². The first-order valence-corrected chi connectivity index (χ1v) is 11.6. The highest BCUT2D eigenvalue weighted by Gasteiger charge is 2.20. The fourth-order valence-electron chi connectivity index (χ4n) is 4.57. The van der Waals surface area contributed by atoms with E-state index in [1.165, 1.54) is 5.69 Å². The van der Waals surface area contributed by atoms with Crippen molar-refractivity contribution < 1.29 is 4.74 Å². The van der Waals surface area contributed by atoms with Crippen LogP contribution in [0.4, 0.5) is 5.69 Å². The van der Waals surface area contributed by atoms with Crippen molar-refractivity contribution in [3.05, 3.63) is 66.0 Å². The summed E-state index contributed by atoms with van der Waals surface area (Å²) in [5.41, 5.74) is 6.82. The largest absolute Gasteiger partial charge is 0.378 e. The number of benzene rings is 1. The zero-order chi connectivity index (χ0) is 23.1. The predicted octanol–water partition coefficient (Wildman–Crippen LogP) is 3.29. The van der Waals surface area contributed by atoms with Crippen LogP contribution in [0.25, 0.3) is 28.2 Å². The molecule has 1 aromatic carbocycles. The normalized spacial score (nSPS) is 14.4. The summed E-state index contributed by atoms with van der Waals surface area (Å²) in [7, 11) is 0. The molecule has 0 aliphatic carbocycles. The van der Waals surface area contributed by atoms with Crippen molar-refractivity contribution in [1.29, 1.82) is 0 Å². The molecule has 0 amide bonds. The number of imidazole rings is 1. The first-order valence-electron chi connectivity index (χ1n) is 11.6. The number of morpholine rings is 1. The van der Waals surface area contributed by atoms with E-state index in [1.807, 2.05) is 29.8 Å². The maximum atomic E-state index is 5.55. The molecule has 1 aliphatic rings. The highest BCUT2D eigenvalue weighted by molar-refractivity contribution is 5.84. The predicted molar refractivity (Wildman–Crippen MR) is 130 cm³/mol. The summed E-state index contributed by atoms with van der Waals surface area (Å²) < 4.78 is 9.79. The zero-order valence-corrected chi connectivity index (χ0v) is 19.3. The Balaban J connectivity index is 1.55. The number of aromatic nitrogens is 7. The molecule has 9 heteroatoms. The number of ether oxygens (including phenoxy) is 1. The zero-order valence-electron chi connectivity index (χ0n) is 19.3.